The van der Waals surface area contributed by atoms with Crippen molar-refractivity contribution in [1.82, 2.24) is 5.32 Å². The van der Waals surface area contributed by atoms with Crippen LogP contribution in [0.5, 0.6) is 5.75 Å². The van der Waals surface area contributed by atoms with Gasteiger partial charge in [-0.2, -0.15) is 0 Å². The van der Waals surface area contributed by atoms with Gasteiger partial charge < -0.3 is 14.5 Å². The van der Waals surface area contributed by atoms with E-state index in [0.29, 0.717) is 5.02 Å². The molecular weight excluding hydrogens is 286 g/mol. The van der Waals surface area contributed by atoms with Gasteiger partial charge in [-0.3, -0.25) is 0 Å². The van der Waals surface area contributed by atoms with Gasteiger partial charge in [0.15, 0.2) is 5.58 Å². The predicted molar refractivity (Wildman–Crippen MR) is 85.1 cm³/mol. The van der Waals surface area contributed by atoms with Gasteiger partial charge in [-0.05, 0) is 36.9 Å². The first-order valence-electron chi connectivity index (χ1n) is 6.72. The molecule has 0 saturated carbocycles. The molecule has 108 valence electrons. The molecule has 0 radical (unpaired) electrons. The molecule has 3 nitrogen and oxygen atoms in total. The molecule has 1 N–H and O–H groups in total. The van der Waals surface area contributed by atoms with Crippen LogP contribution in [-0.4, -0.2) is 14.2 Å². The summed E-state index contributed by atoms with van der Waals surface area (Å²) in [6, 6.07) is 15.7. The van der Waals surface area contributed by atoms with Crippen molar-refractivity contribution in [3.8, 4) is 5.75 Å². The minimum absolute atomic E-state index is 0.0284. The lowest BCUT2D eigenvalue weighted by Gasteiger charge is -2.14. The molecule has 0 spiro atoms. The molecule has 3 aromatic rings. The Morgan fingerprint density at radius 3 is 2.52 bits per heavy atom. The first-order chi connectivity index (χ1) is 10.2. The summed E-state index contributed by atoms with van der Waals surface area (Å²) in [4.78, 5) is 0. The molecule has 0 bridgehead atoms. The topological polar surface area (TPSA) is 34.4 Å². The standard InChI is InChI=1S/C17H16ClNO2/c1-19-16(11-6-8-13(20-2)9-7-11)15-10-12-4-3-5-14(18)17(12)21-15/h3-10,16,19H,1-2H3. The first kappa shape index (κ1) is 14.0. The molecule has 0 fully saturated rings. The zero-order valence-electron chi connectivity index (χ0n) is 11.9. The van der Waals surface area contributed by atoms with Crippen LogP contribution in [0.1, 0.15) is 17.4 Å². The second-order valence-electron chi connectivity index (χ2n) is 4.80. The van der Waals surface area contributed by atoms with E-state index in [1.54, 1.807) is 7.11 Å². The van der Waals surface area contributed by atoms with E-state index in [9.17, 15) is 0 Å². The molecule has 0 saturated heterocycles. The fraction of sp³-hybridized carbons (Fsp3) is 0.176. The summed E-state index contributed by atoms with van der Waals surface area (Å²) in [5, 5.41) is 4.91. The maximum Gasteiger partial charge on any atom is 0.152 e. The van der Waals surface area contributed by atoms with Crippen molar-refractivity contribution in [3.05, 3.63) is 64.9 Å². The molecule has 1 atom stereocenters. The van der Waals surface area contributed by atoms with Gasteiger partial charge in [-0.15, -0.1) is 0 Å². The second-order valence-corrected chi connectivity index (χ2v) is 5.21. The van der Waals surface area contributed by atoms with E-state index in [4.69, 9.17) is 20.8 Å². The summed E-state index contributed by atoms with van der Waals surface area (Å²) in [6.07, 6.45) is 0. The molecule has 0 amide bonds. The fourth-order valence-electron chi connectivity index (χ4n) is 2.46. The van der Waals surface area contributed by atoms with E-state index in [1.807, 2.05) is 55.6 Å². The van der Waals surface area contributed by atoms with Crippen LogP contribution in [0.15, 0.2) is 52.9 Å². The highest BCUT2D eigenvalue weighted by Crippen LogP contribution is 2.32. The van der Waals surface area contributed by atoms with Crippen LogP contribution in [0.4, 0.5) is 0 Å². The number of rotatable bonds is 4. The Hall–Kier alpha value is -1.97. The SMILES string of the molecule is CNC(c1ccc(OC)cc1)c1cc2cccc(Cl)c2o1. The third kappa shape index (κ3) is 2.62. The third-order valence-corrected chi connectivity index (χ3v) is 3.84. The highest BCUT2D eigenvalue weighted by atomic mass is 35.5. The normalized spacial score (nSPS) is 12.5. The van der Waals surface area contributed by atoms with E-state index in [2.05, 4.69) is 5.32 Å². The highest BCUT2D eigenvalue weighted by Gasteiger charge is 2.17. The molecule has 1 heterocycles. The largest absolute Gasteiger partial charge is 0.497 e. The molecule has 2 aromatic carbocycles. The fourth-order valence-corrected chi connectivity index (χ4v) is 2.68. The van der Waals surface area contributed by atoms with Gasteiger partial charge in [-0.25, -0.2) is 0 Å². The Labute approximate surface area is 128 Å². The Kier molecular flexibility index (Phi) is 3.86. The second kappa shape index (κ2) is 5.80. The molecule has 0 aliphatic rings. The summed E-state index contributed by atoms with van der Waals surface area (Å²) in [5.74, 6) is 1.67. The van der Waals surface area contributed by atoms with Crippen LogP contribution in [0.2, 0.25) is 5.02 Å². The Bertz CT molecular complexity index is 749. The van der Waals surface area contributed by atoms with E-state index >= 15 is 0 Å². The van der Waals surface area contributed by atoms with Crippen LogP contribution in [-0.2, 0) is 0 Å². The van der Waals surface area contributed by atoms with Crippen molar-refractivity contribution in [2.75, 3.05) is 14.2 Å². The molecule has 1 aromatic heterocycles. The van der Waals surface area contributed by atoms with Crippen molar-refractivity contribution in [3.63, 3.8) is 0 Å². The number of benzene rings is 2. The lowest BCUT2D eigenvalue weighted by molar-refractivity contribution is 0.414. The van der Waals surface area contributed by atoms with Crippen LogP contribution < -0.4 is 10.1 Å². The average molecular weight is 302 g/mol. The van der Waals surface area contributed by atoms with Gasteiger partial charge in [0, 0.05) is 5.39 Å². The number of hydrogen-bond acceptors (Lipinski definition) is 3. The number of halogens is 1. The summed E-state index contributed by atoms with van der Waals surface area (Å²) >= 11 is 6.17. The third-order valence-electron chi connectivity index (χ3n) is 3.54. The summed E-state index contributed by atoms with van der Waals surface area (Å²) < 4.78 is 11.1. The van der Waals surface area contributed by atoms with Gasteiger partial charge >= 0.3 is 0 Å². The average Bonchev–Trinajstić information content (AvgIpc) is 2.94. The van der Waals surface area contributed by atoms with Gasteiger partial charge in [0.1, 0.15) is 11.5 Å². The van der Waals surface area contributed by atoms with Gasteiger partial charge in [0.25, 0.3) is 0 Å². The Balaban J connectivity index is 2.02. The zero-order chi connectivity index (χ0) is 14.8. The predicted octanol–water partition coefficient (Wildman–Crippen LogP) is 4.40. The van der Waals surface area contributed by atoms with Crippen molar-refractivity contribution in [2.24, 2.45) is 0 Å². The highest BCUT2D eigenvalue weighted by molar-refractivity contribution is 6.34. The van der Waals surface area contributed by atoms with Crippen LogP contribution in [0.3, 0.4) is 0 Å². The number of methoxy groups -OCH3 is 1. The molecular formula is C17H16ClNO2. The Morgan fingerprint density at radius 1 is 1.14 bits per heavy atom. The minimum Gasteiger partial charge on any atom is -0.497 e. The molecule has 0 aliphatic heterocycles. The number of nitrogens with one attached hydrogen (secondary N) is 1. The quantitative estimate of drug-likeness (QED) is 0.775. The summed E-state index contributed by atoms with van der Waals surface area (Å²) in [5.41, 5.74) is 1.83. The van der Waals surface area contributed by atoms with E-state index < -0.39 is 0 Å². The van der Waals surface area contributed by atoms with Crippen molar-refractivity contribution in [2.45, 2.75) is 6.04 Å². The molecule has 0 aliphatic carbocycles. The summed E-state index contributed by atoms with van der Waals surface area (Å²) in [7, 11) is 3.56. The lowest BCUT2D eigenvalue weighted by atomic mass is 10.0. The van der Waals surface area contributed by atoms with Crippen LogP contribution in [0.25, 0.3) is 11.0 Å². The van der Waals surface area contributed by atoms with E-state index in [-0.39, 0.29) is 6.04 Å². The lowest BCUT2D eigenvalue weighted by Crippen LogP contribution is -2.16. The van der Waals surface area contributed by atoms with Crippen molar-refractivity contribution in [1.29, 1.82) is 0 Å². The number of ether oxygens (including phenoxy) is 1. The van der Waals surface area contributed by atoms with Crippen molar-refractivity contribution >= 4 is 22.6 Å². The van der Waals surface area contributed by atoms with Crippen LogP contribution >= 0.6 is 11.6 Å². The molecule has 4 heteroatoms. The Morgan fingerprint density at radius 2 is 1.90 bits per heavy atom. The number of furan rings is 1. The maximum atomic E-state index is 6.17. The first-order valence-corrected chi connectivity index (χ1v) is 7.10. The maximum absolute atomic E-state index is 6.17. The zero-order valence-corrected chi connectivity index (χ0v) is 12.6. The number of fused-ring (bicyclic) bond motifs is 1. The van der Waals surface area contributed by atoms with Crippen molar-refractivity contribution < 1.29 is 9.15 Å². The monoisotopic (exact) mass is 301 g/mol. The number of hydrogen-bond donors (Lipinski definition) is 1. The van der Waals surface area contributed by atoms with E-state index in [1.165, 1.54) is 0 Å². The van der Waals surface area contributed by atoms with Crippen LogP contribution in [0, 0.1) is 0 Å². The summed E-state index contributed by atoms with van der Waals surface area (Å²) in [6.45, 7) is 0. The van der Waals surface area contributed by atoms with Gasteiger partial charge in [-0.1, -0.05) is 35.9 Å². The minimum atomic E-state index is -0.0284. The van der Waals surface area contributed by atoms with Gasteiger partial charge in [0.2, 0.25) is 0 Å². The van der Waals surface area contributed by atoms with Gasteiger partial charge in [0.05, 0.1) is 18.2 Å². The molecule has 21 heavy (non-hydrogen) atoms. The number of para-hydroxylation sites is 1. The van der Waals surface area contributed by atoms with E-state index in [0.717, 1.165) is 28.0 Å². The molecule has 1 unspecified atom stereocenters. The smallest absolute Gasteiger partial charge is 0.152 e. The molecule has 3 rings (SSSR count).